The Hall–Kier alpha value is -1.51. The average Bonchev–Trinajstić information content (AvgIpc) is 2.57. The van der Waals surface area contributed by atoms with Crippen LogP contribution in [0.15, 0.2) is 23.2 Å². The molecule has 3 N–H and O–H groups in total. The van der Waals surface area contributed by atoms with Crippen molar-refractivity contribution in [2.45, 2.75) is 27.2 Å². The number of methoxy groups -OCH3 is 1. The molecule has 0 fully saturated rings. The lowest BCUT2D eigenvalue weighted by Gasteiger charge is -2.13. The molecule has 0 aliphatic heterocycles. The molecule has 0 aliphatic carbocycles. The first kappa shape index (κ1) is 23.5. The minimum Gasteiger partial charge on any atom is -0.496 e. The van der Waals surface area contributed by atoms with Crippen LogP contribution >= 0.6 is 24.0 Å². The Bertz CT molecular complexity index is 562. The zero-order valence-electron chi connectivity index (χ0n) is 15.8. The molecule has 1 amide bonds. The van der Waals surface area contributed by atoms with E-state index in [4.69, 9.17) is 4.74 Å². The molecule has 1 aromatic rings. The second-order valence-corrected chi connectivity index (χ2v) is 5.93. The van der Waals surface area contributed by atoms with E-state index in [1.807, 2.05) is 20.8 Å². The number of hydrogen-bond acceptors (Lipinski definition) is 3. The summed E-state index contributed by atoms with van der Waals surface area (Å²) in [6.07, 6.45) is 0.876. The molecule has 0 spiro atoms. The molecular weight excluding hydrogens is 431 g/mol. The summed E-state index contributed by atoms with van der Waals surface area (Å²) in [5, 5.41) is 9.31. The fourth-order valence-electron chi connectivity index (χ4n) is 2.14. The number of ether oxygens (including phenoxy) is 1. The largest absolute Gasteiger partial charge is 0.496 e. The smallest absolute Gasteiger partial charge is 0.222 e. The lowest BCUT2D eigenvalue weighted by Crippen LogP contribution is -2.42. The third-order valence-electron chi connectivity index (χ3n) is 3.64. The summed E-state index contributed by atoms with van der Waals surface area (Å²) in [4.78, 5) is 15.6. The predicted molar refractivity (Wildman–Crippen MR) is 114 cm³/mol. The van der Waals surface area contributed by atoms with Crippen LogP contribution in [0.5, 0.6) is 5.75 Å². The third kappa shape index (κ3) is 8.94. The van der Waals surface area contributed by atoms with Gasteiger partial charge in [-0.05, 0) is 30.5 Å². The molecular formula is C18H31IN4O2. The highest BCUT2D eigenvalue weighted by molar-refractivity contribution is 14.0. The van der Waals surface area contributed by atoms with Crippen molar-refractivity contribution in [3.63, 3.8) is 0 Å². The first-order valence-corrected chi connectivity index (χ1v) is 8.33. The van der Waals surface area contributed by atoms with E-state index < -0.39 is 0 Å². The maximum Gasteiger partial charge on any atom is 0.222 e. The maximum absolute atomic E-state index is 11.5. The number of halogens is 1. The molecule has 25 heavy (non-hydrogen) atoms. The van der Waals surface area contributed by atoms with E-state index >= 15 is 0 Å². The van der Waals surface area contributed by atoms with Gasteiger partial charge in [-0.2, -0.15) is 0 Å². The van der Waals surface area contributed by atoms with Crippen LogP contribution in [0.25, 0.3) is 0 Å². The number of rotatable bonds is 8. The zero-order valence-corrected chi connectivity index (χ0v) is 18.1. The quantitative estimate of drug-likeness (QED) is 0.240. The highest BCUT2D eigenvalue weighted by Gasteiger charge is 2.05. The van der Waals surface area contributed by atoms with Crippen molar-refractivity contribution >= 4 is 35.8 Å². The third-order valence-corrected chi connectivity index (χ3v) is 3.64. The summed E-state index contributed by atoms with van der Waals surface area (Å²) in [6.45, 7) is 7.77. The van der Waals surface area contributed by atoms with E-state index in [2.05, 4.69) is 39.1 Å². The van der Waals surface area contributed by atoms with Crippen LogP contribution in [-0.4, -0.2) is 45.7 Å². The Morgan fingerprint density at radius 2 is 1.80 bits per heavy atom. The lowest BCUT2D eigenvalue weighted by molar-refractivity contribution is -0.123. The van der Waals surface area contributed by atoms with Crippen molar-refractivity contribution < 1.29 is 9.53 Å². The van der Waals surface area contributed by atoms with Crippen molar-refractivity contribution in [3.8, 4) is 5.75 Å². The second-order valence-electron chi connectivity index (χ2n) is 5.93. The molecule has 0 aliphatic rings. The van der Waals surface area contributed by atoms with E-state index in [0.717, 1.165) is 30.2 Å². The monoisotopic (exact) mass is 462 g/mol. The van der Waals surface area contributed by atoms with Gasteiger partial charge in [0.25, 0.3) is 0 Å². The first-order valence-electron chi connectivity index (χ1n) is 8.33. The fourth-order valence-corrected chi connectivity index (χ4v) is 2.14. The lowest BCUT2D eigenvalue weighted by atomic mass is 10.1. The minimum absolute atomic E-state index is 0. The van der Waals surface area contributed by atoms with Crippen molar-refractivity contribution in [1.29, 1.82) is 0 Å². The molecule has 0 saturated carbocycles. The van der Waals surface area contributed by atoms with E-state index in [1.165, 1.54) is 5.56 Å². The fraction of sp³-hybridized carbons (Fsp3) is 0.556. The van der Waals surface area contributed by atoms with Crippen LogP contribution in [0, 0.1) is 12.8 Å². The molecule has 0 bridgehead atoms. The van der Waals surface area contributed by atoms with Crippen molar-refractivity contribution in [2.75, 3.05) is 33.8 Å². The highest BCUT2D eigenvalue weighted by Crippen LogP contribution is 2.18. The Morgan fingerprint density at radius 1 is 1.16 bits per heavy atom. The molecule has 0 atom stereocenters. The van der Waals surface area contributed by atoms with Crippen LogP contribution in [-0.2, 0) is 11.2 Å². The van der Waals surface area contributed by atoms with Gasteiger partial charge in [0, 0.05) is 32.6 Å². The Morgan fingerprint density at radius 3 is 2.40 bits per heavy atom. The SMILES string of the molecule is CN=C(NCCNC(=O)C(C)C)NCCc1ccc(C)c(OC)c1.I. The predicted octanol–water partition coefficient (Wildman–Crippen LogP) is 2.10. The molecule has 0 unspecified atom stereocenters. The summed E-state index contributed by atoms with van der Waals surface area (Å²) in [6, 6.07) is 6.24. The highest BCUT2D eigenvalue weighted by atomic mass is 127. The maximum atomic E-state index is 11.5. The molecule has 1 aromatic carbocycles. The number of aliphatic imine (C=N–C) groups is 1. The summed E-state index contributed by atoms with van der Waals surface area (Å²) in [5.41, 5.74) is 2.35. The molecule has 0 aromatic heterocycles. The molecule has 6 nitrogen and oxygen atoms in total. The molecule has 1 rings (SSSR count). The number of amides is 1. The molecule has 7 heteroatoms. The summed E-state index contributed by atoms with van der Waals surface area (Å²) in [7, 11) is 3.42. The van der Waals surface area contributed by atoms with Gasteiger partial charge in [-0.25, -0.2) is 0 Å². The zero-order chi connectivity index (χ0) is 17.9. The average molecular weight is 462 g/mol. The van der Waals surface area contributed by atoms with E-state index in [9.17, 15) is 4.79 Å². The van der Waals surface area contributed by atoms with Crippen molar-refractivity contribution in [2.24, 2.45) is 10.9 Å². The number of nitrogens with zero attached hydrogens (tertiary/aromatic N) is 1. The molecule has 0 heterocycles. The number of nitrogens with one attached hydrogen (secondary N) is 3. The number of aryl methyl sites for hydroxylation is 1. The number of benzene rings is 1. The second kappa shape index (κ2) is 12.8. The van der Waals surface area contributed by atoms with Crippen LogP contribution in [0.3, 0.4) is 0 Å². The van der Waals surface area contributed by atoms with E-state index in [-0.39, 0.29) is 35.8 Å². The van der Waals surface area contributed by atoms with Crippen molar-refractivity contribution in [1.82, 2.24) is 16.0 Å². The standard InChI is InChI=1S/C18H30N4O2.HI/c1-13(2)17(23)20-10-11-22-18(19-4)21-9-8-15-7-6-14(3)16(12-15)24-5;/h6-7,12-13H,8-11H2,1-5H3,(H,20,23)(H2,19,21,22);1H. The minimum atomic E-state index is 0. The van der Waals surface area contributed by atoms with Gasteiger partial charge in [-0.1, -0.05) is 26.0 Å². The first-order chi connectivity index (χ1) is 11.5. The van der Waals surface area contributed by atoms with E-state index in [0.29, 0.717) is 13.1 Å². The van der Waals surface area contributed by atoms with Gasteiger partial charge in [-0.15, -0.1) is 24.0 Å². The van der Waals surface area contributed by atoms with Gasteiger partial charge in [0.05, 0.1) is 7.11 Å². The van der Waals surface area contributed by atoms with Gasteiger partial charge < -0.3 is 20.7 Å². The van der Waals surface area contributed by atoms with Gasteiger partial charge >= 0.3 is 0 Å². The summed E-state index contributed by atoms with van der Waals surface area (Å²) in [5.74, 6) is 1.71. The van der Waals surface area contributed by atoms with Crippen LogP contribution < -0.4 is 20.7 Å². The number of hydrogen-bond donors (Lipinski definition) is 3. The van der Waals surface area contributed by atoms with Crippen LogP contribution in [0.2, 0.25) is 0 Å². The number of carbonyl (C=O) groups is 1. The topological polar surface area (TPSA) is 74.8 Å². The van der Waals surface area contributed by atoms with Crippen molar-refractivity contribution in [3.05, 3.63) is 29.3 Å². The van der Waals surface area contributed by atoms with E-state index in [1.54, 1.807) is 14.2 Å². The number of carbonyl (C=O) groups excluding carboxylic acids is 1. The summed E-state index contributed by atoms with van der Waals surface area (Å²) >= 11 is 0. The van der Waals surface area contributed by atoms with Crippen LogP contribution in [0.1, 0.15) is 25.0 Å². The Balaban J connectivity index is 0.00000576. The molecule has 142 valence electrons. The van der Waals surface area contributed by atoms with Gasteiger partial charge in [0.2, 0.25) is 5.91 Å². The number of guanidine groups is 1. The van der Waals surface area contributed by atoms with Gasteiger partial charge in [0.1, 0.15) is 5.75 Å². The van der Waals surface area contributed by atoms with Gasteiger partial charge in [-0.3, -0.25) is 9.79 Å². The van der Waals surface area contributed by atoms with Gasteiger partial charge in [0.15, 0.2) is 5.96 Å². The Labute approximate surface area is 168 Å². The normalized spacial score (nSPS) is 10.9. The Kier molecular flexibility index (Phi) is 12.0. The summed E-state index contributed by atoms with van der Waals surface area (Å²) < 4.78 is 5.34. The molecule has 0 radical (unpaired) electrons. The molecule has 0 saturated heterocycles. The van der Waals surface area contributed by atoms with Crippen LogP contribution in [0.4, 0.5) is 0 Å².